The van der Waals surface area contributed by atoms with Gasteiger partial charge in [-0.2, -0.15) is 0 Å². The van der Waals surface area contributed by atoms with Crippen molar-refractivity contribution in [3.8, 4) is 5.75 Å². The molecular formula is C16H24N2O2. The van der Waals surface area contributed by atoms with Gasteiger partial charge in [0.15, 0.2) is 0 Å². The Morgan fingerprint density at radius 2 is 2.25 bits per heavy atom. The lowest BCUT2D eigenvalue weighted by atomic mass is 10.1. The maximum absolute atomic E-state index is 12.2. The van der Waals surface area contributed by atoms with Crippen molar-refractivity contribution >= 4 is 5.91 Å². The van der Waals surface area contributed by atoms with E-state index in [-0.39, 0.29) is 11.9 Å². The molecule has 0 spiro atoms. The SMILES string of the molecule is Cc1cccc(OCCC(=O)N2CC(C)NCC2C)c1. The van der Waals surface area contributed by atoms with Gasteiger partial charge in [-0.15, -0.1) is 0 Å². The van der Waals surface area contributed by atoms with Gasteiger partial charge in [0.2, 0.25) is 5.91 Å². The molecule has 0 aliphatic carbocycles. The first-order chi connectivity index (χ1) is 9.56. The monoisotopic (exact) mass is 276 g/mol. The Hall–Kier alpha value is -1.55. The molecule has 1 aromatic carbocycles. The summed E-state index contributed by atoms with van der Waals surface area (Å²) in [5, 5.41) is 3.38. The number of hydrogen-bond acceptors (Lipinski definition) is 3. The number of aryl methyl sites for hydroxylation is 1. The van der Waals surface area contributed by atoms with E-state index in [4.69, 9.17) is 4.74 Å². The smallest absolute Gasteiger partial charge is 0.226 e. The molecule has 4 heteroatoms. The zero-order chi connectivity index (χ0) is 14.5. The van der Waals surface area contributed by atoms with Crippen LogP contribution in [0.15, 0.2) is 24.3 Å². The lowest BCUT2D eigenvalue weighted by Crippen LogP contribution is -2.56. The summed E-state index contributed by atoms with van der Waals surface area (Å²) in [6, 6.07) is 8.53. The standard InChI is InChI=1S/C16H24N2O2/c1-12-5-4-6-15(9-12)20-8-7-16(19)18-11-13(2)17-10-14(18)3/h4-6,9,13-14,17H,7-8,10-11H2,1-3H3. The fourth-order valence-electron chi connectivity index (χ4n) is 2.47. The summed E-state index contributed by atoms with van der Waals surface area (Å²) in [5.74, 6) is 1.01. The number of ether oxygens (including phenoxy) is 1. The van der Waals surface area contributed by atoms with Gasteiger partial charge >= 0.3 is 0 Å². The Labute approximate surface area is 121 Å². The lowest BCUT2D eigenvalue weighted by Gasteiger charge is -2.37. The molecule has 110 valence electrons. The third-order valence-corrected chi connectivity index (χ3v) is 3.66. The minimum absolute atomic E-state index is 0.179. The summed E-state index contributed by atoms with van der Waals surface area (Å²) in [5.41, 5.74) is 1.17. The van der Waals surface area contributed by atoms with E-state index >= 15 is 0 Å². The number of carbonyl (C=O) groups is 1. The average Bonchev–Trinajstić information content (AvgIpc) is 2.41. The molecule has 1 aliphatic heterocycles. The van der Waals surface area contributed by atoms with Crippen molar-refractivity contribution in [2.45, 2.75) is 39.3 Å². The van der Waals surface area contributed by atoms with Gasteiger partial charge in [-0.1, -0.05) is 12.1 Å². The number of nitrogens with zero attached hydrogens (tertiary/aromatic N) is 1. The summed E-state index contributed by atoms with van der Waals surface area (Å²) < 4.78 is 5.65. The minimum atomic E-state index is 0.179. The molecule has 1 heterocycles. The summed E-state index contributed by atoms with van der Waals surface area (Å²) in [7, 11) is 0. The van der Waals surface area contributed by atoms with Crippen LogP contribution in [0.1, 0.15) is 25.8 Å². The van der Waals surface area contributed by atoms with E-state index < -0.39 is 0 Å². The van der Waals surface area contributed by atoms with Crippen LogP contribution in [-0.4, -0.2) is 42.6 Å². The molecular weight excluding hydrogens is 252 g/mol. The second-order valence-corrected chi connectivity index (χ2v) is 5.62. The van der Waals surface area contributed by atoms with Crippen molar-refractivity contribution in [3.63, 3.8) is 0 Å². The fourth-order valence-corrected chi connectivity index (χ4v) is 2.47. The normalized spacial score (nSPS) is 22.6. The number of hydrogen-bond donors (Lipinski definition) is 1. The molecule has 1 amide bonds. The highest BCUT2D eigenvalue weighted by molar-refractivity contribution is 5.76. The van der Waals surface area contributed by atoms with Gasteiger partial charge < -0.3 is 15.0 Å². The molecule has 0 radical (unpaired) electrons. The van der Waals surface area contributed by atoms with E-state index in [0.29, 0.717) is 19.1 Å². The third-order valence-electron chi connectivity index (χ3n) is 3.66. The van der Waals surface area contributed by atoms with Crippen LogP contribution in [0.2, 0.25) is 0 Å². The maximum Gasteiger partial charge on any atom is 0.226 e. The summed E-state index contributed by atoms with van der Waals surface area (Å²) in [6.45, 7) is 8.30. The number of nitrogens with one attached hydrogen (secondary N) is 1. The molecule has 1 saturated heterocycles. The van der Waals surface area contributed by atoms with Crippen molar-refractivity contribution in [1.82, 2.24) is 10.2 Å². The van der Waals surface area contributed by atoms with Crippen molar-refractivity contribution in [1.29, 1.82) is 0 Å². The lowest BCUT2D eigenvalue weighted by molar-refractivity contribution is -0.135. The van der Waals surface area contributed by atoms with Crippen molar-refractivity contribution in [2.24, 2.45) is 0 Å². The predicted molar refractivity (Wildman–Crippen MR) is 79.9 cm³/mol. The molecule has 1 fully saturated rings. The fraction of sp³-hybridized carbons (Fsp3) is 0.562. The van der Waals surface area contributed by atoms with Crippen LogP contribution in [-0.2, 0) is 4.79 Å². The van der Waals surface area contributed by atoms with Gasteiger partial charge in [-0.05, 0) is 38.5 Å². The predicted octanol–water partition coefficient (Wildman–Crippen LogP) is 1.97. The first-order valence-corrected chi connectivity index (χ1v) is 7.28. The highest BCUT2D eigenvalue weighted by Crippen LogP contribution is 2.13. The van der Waals surface area contributed by atoms with Crippen LogP contribution in [0, 0.1) is 6.92 Å². The maximum atomic E-state index is 12.2. The van der Waals surface area contributed by atoms with Crippen molar-refractivity contribution in [3.05, 3.63) is 29.8 Å². The van der Waals surface area contributed by atoms with Gasteiger partial charge in [0.25, 0.3) is 0 Å². The Kier molecular flexibility index (Phi) is 5.01. The van der Waals surface area contributed by atoms with Gasteiger partial charge in [0.1, 0.15) is 5.75 Å². The first-order valence-electron chi connectivity index (χ1n) is 7.28. The molecule has 0 aromatic heterocycles. The van der Waals surface area contributed by atoms with E-state index in [1.54, 1.807) is 0 Å². The number of amides is 1. The molecule has 2 atom stereocenters. The van der Waals surface area contributed by atoms with Gasteiger partial charge in [0.05, 0.1) is 13.0 Å². The van der Waals surface area contributed by atoms with Gasteiger partial charge in [-0.3, -0.25) is 4.79 Å². The Bertz CT molecular complexity index is 462. The highest BCUT2D eigenvalue weighted by Gasteiger charge is 2.26. The molecule has 2 unspecified atom stereocenters. The highest BCUT2D eigenvalue weighted by atomic mass is 16.5. The second-order valence-electron chi connectivity index (χ2n) is 5.62. The van der Waals surface area contributed by atoms with E-state index in [2.05, 4.69) is 19.2 Å². The molecule has 0 saturated carbocycles. The quantitative estimate of drug-likeness (QED) is 0.914. The van der Waals surface area contributed by atoms with Crippen molar-refractivity contribution in [2.75, 3.05) is 19.7 Å². The Balaban J connectivity index is 1.80. The van der Waals surface area contributed by atoms with Crippen molar-refractivity contribution < 1.29 is 9.53 Å². The Morgan fingerprint density at radius 3 is 3.00 bits per heavy atom. The van der Waals surface area contributed by atoms with Gasteiger partial charge in [-0.25, -0.2) is 0 Å². The van der Waals surface area contributed by atoms with Crippen LogP contribution < -0.4 is 10.1 Å². The molecule has 0 bridgehead atoms. The molecule has 4 nitrogen and oxygen atoms in total. The molecule has 2 rings (SSSR count). The van der Waals surface area contributed by atoms with E-state index in [0.717, 1.165) is 18.8 Å². The molecule has 20 heavy (non-hydrogen) atoms. The van der Waals surface area contributed by atoms with Crippen LogP contribution in [0.3, 0.4) is 0 Å². The summed E-state index contributed by atoms with van der Waals surface area (Å²) in [4.78, 5) is 14.2. The molecule has 1 aromatic rings. The van der Waals surface area contributed by atoms with E-state index in [1.807, 2.05) is 36.1 Å². The average molecular weight is 276 g/mol. The minimum Gasteiger partial charge on any atom is -0.493 e. The number of piperazine rings is 1. The van der Waals surface area contributed by atoms with Gasteiger partial charge in [0, 0.05) is 25.2 Å². The Morgan fingerprint density at radius 1 is 1.45 bits per heavy atom. The second kappa shape index (κ2) is 6.75. The largest absolute Gasteiger partial charge is 0.493 e. The van der Waals surface area contributed by atoms with Crippen LogP contribution in [0.5, 0.6) is 5.75 Å². The van der Waals surface area contributed by atoms with Crippen LogP contribution >= 0.6 is 0 Å². The van der Waals surface area contributed by atoms with Crippen LogP contribution in [0.25, 0.3) is 0 Å². The van der Waals surface area contributed by atoms with Crippen LogP contribution in [0.4, 0.5) is 0 Å². The number of benzene rings is 1. The van der Waals surface area contributed by atoms with E-state index in [9.17, 15) is 4.79 Å². The summed E-state index contributed by atoms with van der Waals surface area (Å²) >= 11 is 0. The zero-order valence-corrected chi connectivity index (χ0v) is 12.6. The third kappa shape index (κ3) is 3.97. The zero-order valence-electron chi connectivity index (χ0n) is 12.6. The number of carbonyl (C=O) groups excluding carboxylic acids is 1. The molecule has 1 N–H and O–H groups in total. The number of rotatable bonds is 4. The topological polar surface area (TPSA) is 41.6 Å². The van der Waals surface area contributed by atoms with E-state index in [1.165, 1.54) is 5.56 Å². The molecule has 1 aliphatic rings. The first kappa shape index (κ1) is 14.9. The summed E-state index contributed by atoms with van der Waals surface area (Å²) in [6.07, 6.45) is 0.436.